The molecule has 3 aliphatic heterocycles. The summed E-state index contributed by atoms with van der Waals surface area (Å²) in [5.41, 5.74) is 0. The number of nitrogens with zero attached hydrogens (tertiary/aromatic N) is 5. The van der Waals surface area contributed by atoms with Crippen LogP contribution in [0.15, 0.2) is 12.4 Å². The van der Waals surface area contributed by atoms with Crippen molar-refractivity contribution in [2.24, 2.45) is 0 Å². The van der Waals surface area contributed by atoms with Crippen molar-refractivity contribution in [3.8, 4) is 5.88 Å². The minimum atomic E-state index is -0.201. The molecule has 0 unspecified atom stereocenters. The van der Waals surface area contributed by atoms with Crippen LogP contribution in [0.25, 0.3) is 0 Å². The summed E-state index contributed by atoms with van der Waals surface area (Å²) in [5.74, 6) is 1.20. The fourth-order valence-corrected chi connectivity index (χ4v) is 3.90. The Bertz CT molecular complexity index is 639. The van der Waals surface area contributed by atoms with E-state index in [1.54, 1.807) is 19.5 Å². The molecule has 3 fully saturated rings. The van der Waals surface area contributed by atoms with Crippen LogP contribution in [0, 0.1) is 0 Å². The van der Waals surface area contributed by atoms with E-state index in [9.17, 15) is 4.79 Å². The van der Waals surface area contributed by atoms with Crippen LogP contribution < -0.4 is 9.64 Å². The molecule has 1 aromatic heterocycles. The Hall–Kier alpha value is -2.13. The van der Waals surface area contributed by atoms with Crippen molar-refractivity contribution in [1.29, 1.82) is 0 Å². The van der Waals surface area contributed by atoms with Crippen molar-refractivity contribution in [3.05, 3.63) is 12.4 Å². The van der Waals surface area contributed by atoms with Gasteiger partial charge in [-0.15, -0.1) is 0 Å². The van der Waals surface area contributed by atoms with Gasteiger partial charge in [0.25, 0.3) is 5.88 Å². The van der Waals surface area contributed by atoms with Gasteiger partial charge in [-0.2, -0.15) is 0 Å². The normalized spacial score (nSPS) is 26.1. The van der Waals surface area contributed by atoms with E-state index in [0.717, 1.165) is 39.3 Å². The number of carbonyl (C=O) groups excluding carboxylic acids is 1. The van der Waals surface area contributed by atoms with Crippen LogP contribution in [-0.4, -0.2) is 97.6 Å². The van der Waals surface area contributed by atoms with Gasteiger partial charge in [0.05, 0.1) is 32.9 Å². The molecule has 0 radical (unpaired) electrons. The average Bonchev–Trinajstić information content (AvgIpc) is 3.20. The number of aromatic nitrogens is 2. The maximum absolute atomic E-state index is 12.2. The first kappa shape index (κ1) is 17.3. The molecule has 0 N–H and O–H groups in total. The monoisotopic (exact) mass is 363 g/mol. The molecular formula is C17H25N5O4. The van der Waals surface area contributed by atoms with Crippen LogP contribution in [0.5, 0.6) is 5.88 Å². The van der Waals surface area contributed by atoms with Gasteiger partial charge >= 0.3 is 6.09 Å². The minimum absolute atomic E-state index is 0.0545. The molecule has 26 heavy (non-hydrogen) atoms. The molecule has 0 spiro atoms. The highest BCUT2D eigenvalue weighted by Crippen LogP contribution is 2.32. The second-order valence-corrected chi connectivity index (χ2v) is 6.78. The number of morpholine rings is 1. The van der Waals surface area contributed by atoms with Gasteiger partial charge in [0.15, 0.2) is 5.82 Å². The predicted octanol–water partition coefficient (Wildman–Crippen LogP) is 0.217. The van der Waals surface area contributed by atoms with Crippen LogP contribution >= 0.6 is 0 Å². The van der Waals surface area contributed by atoms with Crippen molar-refractivity contribution in [2.45, 2.75) is 18.6 Å². The van der Waals surface area contributed by atoms with Gasteiger partial charge < -0.3 is 19.1 Å². The Morgan fingerprint density at radius 3 is 2.81 bits per heavy atom. The van der Waals surface area contributed by atoms with Gasteiger partial charge in [-0.25, -0.2) is 14.8 Å². The molecule has 1 aromatic rings. The van der Waals surface area contributed by atoms with E-state index in [-0.39, 0.29) is 18.2 Å². The van der Waals surface area contributed by atoms with Crippen molar-refractivity contribution in [2.75, 3.05) is 64.5 Å². The summed E-state index contributed by atoms with van der Waals surface area (Å²) in [6, 6.07) is 0.0545. The van der Waals surface area contributed by atoms with Crippen LogP contribution in [-0.2, 0) is 9.47 Å². The van der Waals surface area contributed by atoms with Gasteiger partial charge in [0.2, 0.25) is 0 Å². The van der Waals surface area contributed by atoms with E-state index in [0.29, 0.717) is 31.3 Å². The third-order valence-corrected chi connectivity index (χ3v) is 5.24. The summed E-state index contributed by atoms with van der Waals surface area (Å²) in [4.78, 5) is 27.2. The first-order valence-electron chi connectivity index (χ1n) is 9.13. The molecule has 9 heteroatoms. The van der Waals surface area contributed by atoms with Crippen molar-refractivity contribution in [3.63, 3.8) is 0 Å². The lowest BCUT2D eigenvalue weighted by Crippen LogP contribution is -2.41. The van der Waals surface area contributed by atoms with E-state index in [2.05, 4.69) is 19.8 Å². The average molecular weight is 363 g/mol. The van der Waals surface area contributed by atoms with Gasteiger partial charge in [-0.05, 0) is 6.42 Å². The van der Waals surface area contributed by atoms with Crippen molar-refractivity contribution < 1.29 is 19.0 Å². The summed E-state index contributed by atoms with van der Waals surface area (Å²) in [6.45, 7) is 6.52. The van der Waals surface area contributed by atoms with Crippen molar-refractivity contribution in [1.82, 2.24) is 19.8 Å². The van der Waals surface area contributed by atoms with E-state index >= 15 is 0 Å². The quantitative estimate of drug-likeness (QED) is 0.710. The van der Waals surface area contributed by atoms with Crippen molar-refractivity contribution >= 4 is 11.9 Å². The van der Waals surface area contributed by atoms with Crippen LogP contribution in [0.2, 0.25) is 0 Å². The Morgan fingerprint density at radius 1 is 1.19 bits per heavy atom. The van der Waals surface area contributed by atoms with Gasteiger partial charge in [0, 0.05) is 45.1 Å². The zero-order valence-electron chi connectivity index (χ0n) is 15.0. The molecule has 1 amide bonds. The Labute approximate surface area is 152 Å². The number of hydrogen-bond acceptors (Lipinski definition) is 8. The number of rotatable bonds is 6. The molecule has 2 atom stereocenters. The van der Waals surface area contributed by atoms with Gasteiger partial charge in [-0.3, -0.25) is 9.80 Å². The lowest BCUT2D eigenvalue weighted by atomic mass is 10.2. The topological polar surface area (TPSA) is 80.3 Å². The van der Waals surface area contributed by atoms with Crippen LogP contribution in [0.4, 0.5) is 10.6 Å². The third-order valence-electron chi connectivity index (χ3n) is 5.24. The molecule has 0 aromatic carbocycles. The predicted molar refractivity (Wildman–Crippen MR) is 93.4 cm³/mol. The van der Waals surface area contributed by atoms with E-state index in [1.165, 1.54) is 0 Å². The fraction of sp³-hybridized carbons (Fsp3) is 0.706. The molecule has 142 valence electrons. The number of fused-ring (bicyclic) bond motifs is 1. The summed E-state index contributed by atoms with van der Waals surface area (Å²) in [7, 11) is 1.59. The number of hydrogen-bond donors (Lipinski definition) is 0. The minimum Gasteiger partial charge on any atom is -0.478 e. The number of anilines is 1. The summed E-state index contributed by atoms with van der Waals surface area (Å²) in [5, 5.41) is 0. The van der Waals surface area contributed by atoms with E-state index in [1.807, 2.05) is 4.90 Å². The van der Waals surface area contributed by atoms with E-state index < -0.39 is 0 Å². The second kappa shape index (κ2) is 7.63. The zero-order valence-corrected chi connectivity index (χ0v) is 15.0. The number of methoxy groups -OCH3 is 1. The standard InChI is InChI=1S/C17H25N5O4/c1-24-16-15(18-3-4-19-16)21-11-13-14(12-21)26-17(23)22(13)6-2-5-20-7-9-25-10-8-20/h3-4,13-14H,2,5-12H2,1H3/t13-,14+/m0/s1. The van der Waals surface area contributed by atoms with Gasteiger partial charge in [0.1, 0.15) is 6.10 Å². The summed E-state index contributed by atoms with van der Waals surface area (Å²) < 4.78 is 16.3. The van der Waals surface area contributed by atoms with Gasteiger partial charge in [-0.1, -0.05) is 0 Å². The van der Waals surface area contributed by atoms with Crippen LogP contribution in [0.3, 0.4) is 0 Å². The SMILES string of the molecule is COc1nccnc1N1C[C@H]2OC(=O)N(CCCN3CCOCC3)[C@H]2C1. The number of ether oxygens (including phenoxy) is 3. The maximum Gasteiger partial charge on any atom is 0.410 e. The third kappa shape index (κ3) is 3.41. The highest BCUT2D eigenvalue weighted by atomic mass is 16.6. The molecule has 4 rings (SSSR count). The lowest BCUT2D eigenvalue weighted by Gasteiger charge is -2.28. The summed E-state index contributed by atoms with van der Waals surface area (Å²) >= 11 is 0. The summed E-state index contributed by atoms with van der Waals surface area (Å²) in [6.07, 6.45) is 3.87. The first-order valence-corrected chi connectivity index (χ1v) is 9.13. The molecule has 0 bridgehead atoms. The molecule has 9 nitrogen and oxygen atoms in total. The smallest absolute Gasteiger partial charge is 0.410 e. The lowest BCUT2D eigenvalue weighted by molar-refractivity contribution is 0.0363. The molecule has 3 aliphatic rings. The number of carbonyl (C=O) groups is 1. The Kier molecular flexibility index (Phi) is 5.07. The Morgan fingerprint density at radius 2 is 2.00 bits per heavy atom. The first-order chi connectivity index (χ1) is 12.8. The van der Waals surface area contributed by atoms with E-state index in [4.69, 9.17) is 14.2 Å². The molecule has 0 aliphatic carbocycles. The molecule has 3 saturated heterocycles. The Balaban J connectivity index is 1.35. The highest BCUT2D eigenvalue weighted by Gasteiger charge is 2.48. The highest BCUT2D eigenvalue weighted by molar-refractivity contribution is 5.72. The number of amides is 1. The second-order valence-electron chi connectivity index (χ2n) is 6.78. The largest absolute Gasteiger partial charge is 0.478 e. The molecular weight excluding hydrogens is 338 g/mol. The maximum atomic E-state index is 12.2. The fourth-order valence-electron chi connectivity index (χ4n) is 3.90. The van der Waals surface area contributed by atoms with Crippen LogP contribution in [0.1, 0.15) is 6.42 Å². The molecule has 4 heterocycles. The molecule has 0 saturated carbocycles. The zero-order chi connectivity index (χ0) is 17.9.